The van der Waals surface area contributed by atoms with Crippen LogP contribution in [0, 0.1) is 0 Å². The van der Waals surface area contributed by atoms with Crippen LogP contribution in [0.4, 0.5) is 11.6 Å². The molecule has 1 aromatic rings. The number of hydrogen-bond acceptors (Lipinski definition) is 5. The van der Waals surface area contributed by atoms with Crippen LogP contribution in [0.3, 0.4) is 0 Å². The van der Waals surface area contributed by atoms with E-state index in [1.807, 2.05) is 13.1 Å². The van der Waals surface area contributed by atoms with E-state index in [4.69, 9.17) is 0 Å². The molecule has 108 valence electrons. The maximum atomic E-state index is 4.53. The Morgan fingerprint density at radius 1 is 1.16 bits per heavy atom. The van der Waals surface area contributed by atoms with Crippen molar-refractivity contribution in [1.29, 1.82) is 0 Å². The number of aromatic nitrogens is 2. The summed E-state index contributed by atoms with van der Waals surface area (Å²) in [5, 5.41) is 6.47. The van der Waals surface area contributed by atoms with E-state index < -0.39 is 0 Å². The molecular formula is C14H27N5. The molecule has 0 radical (unpaired) electrons. The minimum atomic E-state index is 0.884. The van der Waals surface area contributed by atoms with Crippen LogP contribution < -0.4 is 10.6 Å². The van der Waals surface area contributed by atoms with E-state index in [-0.39, 0.29) is 0 Å². The Labute approximate surface area is 116 Å². The van der Waals surface area contributed by atoms with Gasteiger partial charge in [-0.1, -0.05) is 6.92 Å². The third kappa shape index (κ3) is 6.38. The zero-order valence-electron chi connectivity index (χ0n) is 12.7. The van der Waals surface area contributed by atoms with Crippen molar-refractivity contribution in [3.8, 4) is 0 Å². The van der Waals surface area contributed by atoms with Crippen LogP contribution >= 0.6 is 0 Å². The predicted molar refractivity (Wildman–Crippen MR) is 81.9 cm³/mol. The molecule has 0 aliphatic heterocycles. The molecule has 0 atom stereocenters. The van der Waals surface area contributed by atoms with E-state index in [9.17, 15) is 0 Å². The summed E-state index contributed by atoms with van der Waals surface area (Å²) in [6, 6.07) is 1.96. The largest absolute Gasteiger partial charge is 0.373 e. The van der Waals surface area contributed by atoms with Gasteiger partial charge in [-0.25, -0.2) is 9.97 Å². The van der Waals surface area contributed by atoms with Gasteiger partial charge in [0.15, 0.2) is 0 Å². The highest BCUT2D eigenvalue weighted by Crippen LogP contribution is 2.12. The first-order valence-corrected chi connectivity index (χ1v) is 7.10. The summed E-state index contributed by atoms with van der Waals surface area (Å²) >= 11 is 0. The lowest BCUT2D eigenvalue weighted by atomic mass is 10.3. The molecular weight excluding hydrogens is 238 g/mol. The second-order valence-corrected chi connectivity index (χ2v) is 4.99. The van der Waals surface area contributed by atoms with Crippen molar-refractivity contribution in [1.82, 2.24) is 14.9 Å². The van der Waals surface area contributed by atoms with Crippen molar-refractivity contribution in [3.05, 3.63) is 11.9 Å². The fourth-order valence-electron chi connectivity index (χ4n) is 1.82. The normalized spacial score (nSPS) is 10.8. The van der Waals surface area contributed by atoms with E-state index in [1.165, 1.54) is 6.42 Å². The number of rotatable bonds is 9. The van der Waals surface area contributed by atoms with Crippen molar-refractivity contribution in [2.45, 2.75) is 32.6 Å². The van der Waals surface area contributed by atoms with Gasteiger partial charge in [0, 0.05) is 26.1 Å². The fraction of sp³-hybridized carbons (Fsp3) is 0.714. The molecule has 0 bridgehead atoms. The van der Waals surface area contributed by atoms with E-state index in [2.05, 4.69) is 46.5 Å². The number of hydrogen-bond donors (Lipinski definition) is 2. The fourth-order valence-corrected chi connectivity index (χ4v) is 1.82. The van der Waals surface area contributed by atoms with Gasteiger partial charge in [-0.05, 0) is 39.9 Å². The van der Waals surface area contributed by atoms with Gasteiger partial charge in [0.1, 0.15) is 17.5 Å². The van der Waals surface area contributed by atoms with Crippen molar-refractivity contribution < 1.29 is 0 Å². The molecule has 19 heavy (non-hydrogen) atoms. The van der Waals surface area contributed by atoms with E-state index in [0.717, 1.165) is 49.8 Å². The second-order valence-electron chi connectivity index (χ2n) is 4.99. The van der Waals surface area contributed by atoms with Gasteiger partial charge in [0.2, 0.25) is 0 Å². The van der Waals surface area contributed by atoms with E-state index in [1.54, 1.807) is 0 Å². The summed E-state index contributed by atoms with van der Waals surface area (Å²) < 4.78 is 0. The Hall–Kier alpha value is -1.36. The molecule has 0 saturated heterocycles. The van der Waals surface area contributed by atoms with Crippen LogP contribution in [0.2, 0.25) is 0 Å². The molecule has 1 aromatic heterocycles. The lowest BCUT2D eigenvalue weighted by Gasteiger charge is -2.11. The smallest absolute Gasteiger partial charge is 0.133 e. The zero-order valence-corrected chi connectivity index (χ0v) is 12.7. The molecule has 0 aromatic carbocycles. The number of anilines is 2. The van der Waals surface area contributed by atoms with Crippen LogP contribution in [0.15, 0.2) is 6.07 Å². The average Bonchev–Trinajstić information content (AvgIpc) is 2.38. The quantitative estimate of drug-likeness (QED) is 0.671. The molecule has 5 nitrogen and oxygen atoms in total. The summed E-state index contributed by atoms with van der Waals surface area (Å²) in [6.45, 7) is 4.23. The van der Waals surface area contributed by atoms with Gasteiger partial charge >= 0.3 is 0 Å². The highest BCUT2D eigenvalue weighted by molar-refractivity contribution is 5.47. The average molecular weight is 265 g/mol. The molecule has 0 saturated carbocycles. The highest BCUT2D eigenvalue weighted by atomic mass is 15.1. The molecule has 1 heterocycles. The lowest BCUT2D eigenvalue weighted by Crippen LogP contribution is -2.14. The minimum absolute atomic E-state index is 0.884. The highest BCUT2D eigenvalue weighted by Gasteiger charge is 2.02. The third-order valence-electron chi connectivity index (χ3n) is 2.84. The van der Waals surface area contributed by atoms with Gasteiger partial charge in [0.05, 0.1) is 0 Å². The molecule has 5 heteroatoms. The molecule has 0 spiro atoms. The Balaban J connectivity index is 2.45. The number of nitrogens with one attached hydrogen (secondary N) is 2. The Kier molecular flexibility index (Phi) is 7.18. The van der Waals surface area contributed by atoms with Crippen LogP contribution in [-0.4, -0.2) is 49.1 Å². The monoisotopic (exact) mass is 265 g/mol. The zero-order chi connectivity index (χ0) is 14.1. The number of nitrogens with zero attached hydrogens (tertiary/aromatic N) is 3. The third-order valence-corrected chi connectivity index (χ3v) is 2.84. The SMILES string of the molecule is CCCc1nc(NC)cc(NCCCCN(C)C)n1. The van der Waals surface area contributed by atoms with Gasteiger partial charge in [-0.15, -0.1) is 0 Å². The molecule has 0 unspecified atom stereocenters. The van der Waals surface area contributed by atoms with Gasteiger partial charge < -0.3 is 15.5 Å². The predicted octanol–water partition coefficient (Wildman–Crippen LogP) is 2.22. The van der Waals surface area contributed by atoms with Crippen LogP contribution in [0.1, 0.15) is 32.0 Å². The van der Waals surface area contributed by atoms with E-state index in [0.29, 0.717) is 0 Å². The van der Waals surface area contributed by atoms with Gasteiger partial charge in [-0.3, -0.25) is 0 Å². The van der Waals surface area contributed by atoms with Crippen LogP contribution in [-0.2, 0) is 6.42 Å². The summed E-state index contributed by atoms with van der Waals surface area (Å²) in [7, 11) is 6.10. The molecule has 0 amide bonds. The first-order valence-electron chi connectivity index (χ1n) is 7.10. The first kappa shape index (κ1) is 15.7. The van der Waals surface area contributed by atoms with Crippen molar-refractivity contribution in [2.24, 2.45) is 0 Å². The van der Waals surface area contributed by atoms with Crippen molar-refractivity contribution in [3.63, 3.8) is 0 Å². The van der Waals surface area contributed by atoms with Gasteiger partial charge in [0.25, 0.3) is 0 Å². The lowest BCUT2D eigenvalue weighted by molar-refractivity contribution is 0.396. The Morgan fingerprint density at radius 2 is 1.89 bits per heavy atom. The maximum absolute atomic E-state index is 4.53. The van der Waals surface area contributed by atoms with Crippen LogP contribution in [0.25, 0.3) is 0 Å². The summed E-state index contributed by atoms with van der Waals surface area (Å²) in [5.41, 5.74) is 0. The minimum Gasteiger partial charge on any atom is -0.373 e. The first-order chi connectivity index (χ1) is 9.15. The maximum Gasteiger partial charge on any atom is 0.133 e. The molecule has 1 rings (SSSR count). The molecule has 2 N–H and O–H groups in total. The molecule has 0 aliphatic rings. The second kappa shape index (κ2) is 8.69. The Bertz CT molecular complexity index is 365. The number of aryl methyl sites for hydroxylation is 1. The standard InChI is InChI=1S/C14H27N5/c1-5-8-12-17-13(15-2)11-14(18-12)16-9-6-7-10-19(3)4/h11H,5-10H2,1-4H3,(H2,15,16,17,18). The number of unbranched alkanes of at least 4 members (excludes halogenated alkanes) is 1. The summed E-state index contributed by atoms with van der Waals surface area (Å²) in [5.74, 6) is 2.71. The topological polar surface area (TPSA) is 53.1 Å². The van der Waals surface area contributed by atoms with Crippen molar-refractivity contribution in [2.75, 3.05) is 44.9 Å². The van der Waals surface area contributed by atoms with Gasteiger partial charge in [-0.2, -0.15) is 0 Å². The molecule has 0 aliphatic carbocycles. The van der Waals surface area contributed by atoms with E-state index >= 15 is 0 Å². The summed E-state index contributed by atoms with van der Waals surface area (Å²) in [6.07, 6.45) is 4.34. The molecule has 0 fully saturated rings. The van der Waals surface area contributed by atoms with Crippen LogP contribution in [0.5, 0.6) is 0 Å². The summed E-state index contributed by atoms with van der Waals surface area (Å²) in [4.78, 5) is 11.2. The Morgan fingerprint density at radius 3 is 2.53 bits per heavy atom. The van der Waals surface area contributed by atoms with Crippen molar-refractivity contribution >= 4 is 11.6 Å².